The zero-order valence-corrected chi connectivity index (χ0v) is 37.4. The molecule has 1 atom stereocenters. The van der Waals surface area contributed by atoms with Gasteiger partial charge in [0, 0.05) is 45.4 Å². The molecular weight excluding hydrogens is 746 g/mol. The van der Waals surface area contributed by atoms with E-state index in [1.807, 2.05) is 27.7 Å². The van der Waals surface area contributed by atoms with Gasteiger partial charge in [-0.25, -0.2) is 4.79 Å². The van der Waals surface area contributed by atoms with Crippen LogP contribution in [0.15, 0.2) is 0 Å². The average Bonchev–Trinajstić information content (AvgIpc) is 3.13. The molecule has 0 aromatic carbocycles. The van der Waals surface area contributed by atoms with Gasteiger partial charge < -0.3 is 39.6 Å². The minimum atomic E-state index is -0.921. The Morgan fingerprint density at radius 2 is 1.00 bits per heavy atom. The highest BCUT2D eigenvalue weighted by Gasteiger charge is 2.27. The summed E-state index contributed by atoms with van der Waals surface area (Å²) in [6, 6.07) is -0.921. The predicted molar refractivity (Wildman–Crippen MR) is 225 cm³/mol. The van der Waals surface area contributed by atoms with Crippen molar-refractivity contribution in [3.05, 3.63) is 0 Å². The molecule has 58 heavy (non-hydrogen) atoms. The summed E-state index contributed by atoms with van der Waals surface area (Å²) in [5.41, 5.74) is -1.14. The van der Waals surface area contributed by atoms with Crippen molar-refractivity contribution in [1.82, 2.24) is 16.0 Å². The number of rotatable bonds is 37. The minimum Gasteiger partial charge on any atom is -0.460 e. The number of Topliss-reactive ketones (excluding diaryl/α,β-unsaturated/α-hetero) is 1. The lowest BCUT2D eigenvalue weighted by atomic mass is 10.0. The molecule has 0 saturated heterocycles. The van der Waals surface area contributed by atoms with Crippen LogP contribution in [-0.4, -0.2) is 105 Å². The Morgan fingerprint density at radius 3 is 1.55 bits per heavy atom. The summed E-state index contributed by atoms with van der Waals surface area (Å²) in [5, 5.41) is 8.23. The fourth-order valence-corrected chi connectivity index (χ4v) is 5.82. The summed E-state index contributed by atoms with van der Waals surface area (Å²) < 4.78 is 26.7. The molecular formula is C44H81N3O11. The molecule has 0 saturated carbocycles. The minimum absolute atomic E-state index is 0.00426. The van der Waals surface area contributed by atoms with Crippen molar-refractivity contribution < 1.29 is 52.5 Å². The van der Waals surface area contributed by atoms with Crippen LogP contribution in [-0.2, 0) is 52.5 Å². The molecule has 0 rings (SSSR count). The van der Waals surface area contributed by atoms with Gasteiger partial charge in [0.05, 0.1) is 19.8 Å². The molecule has 0 heterocycles. The van der Waals surface area contributed by atoms with E-state index in [9.17, 15) is 28.8 Å². The number of carbonyl (C=O) groups excluding carboxylic acids is 6. The van der Waals surface area contributed by atoms with E-state index >= 15 is 0 Å². The summed E-state index contributed by atoms with van der Waals surface area (Å²) >= 11 is 0. The Balaban J connectivity index is 4.03. The van der Waals surface area contributed by atoms with Crippen molar-refractivity contribution >= 4 is 35.4 Å². The van der Waals surface area contributed by atoms with Gasteiger partial charge >= 0.3 is 11.9 Å². The van der Waals surface area contributed by atoms with Crippen LogP contribution in [0.4, 0.5) is 0 Å². The first-order chi connectivity index (χ1) is 27.5. The number of amides is 3. The topological polar surface area (TPSA) is 185 Å². The van der Waals surface area contributed by atoms with Crippen LogP contribution in [0.2, 0.25) is 0 Å². The van der Waals surface area contributed by atoms with Crippen molar-refractivity contribution in [2.24, 2.45) is 0 Å². The summed E-state index contributed by atoms with van der Waals surface area (Å²) in [7, 11) is 0. The number of carbonyl (C=O) groups is 6. The lowest BCUT2D eigenvalue weighted by Crippen LogP contribution is -2.44. The molecule has 0 aromatic heterocycles. The van der Waals surface area contributed by atoms with E-state index in [0.717, 1.165) is 38.5 Å². The van der Waals surface area contributed by atoms with Gasteiger partial charge in [0.15, 0.2) is 5.78 Å². The molecule has 3 amide bonds. The molecule has 0 spiro atoms. The molecule has 0 fully saturated rings. The normalized spacial score (nSPS) is 12.1. The summed E-state index contributed by atoms with van der Waals surface area (Å²) in [6.07, 6.45) is 17.6. The van der Waals surface area contributed by atoms with Crippen LogP contribution in [0.1, 0.15) is 177 Å². The van der Waals surface area contributed by atoms with E-state index < -0.39 is 23.2 Å². The van der Waals surface area contributed by atoms with Crippen LogP contribution in [0.3, 0.4) is 0 Å². The third-order valence-electron chi connectivity index (χ3n) is 8.74. The molecule has 0 radical (unpaired) electrons. The standard InChI is InChI=1S/C44H81N3O11/c1-8-54-34-36(48)24-23-29-45-40(51)35-56-33-32-55-31-30-46-38(49)28-27-37(42(53)58-44(5,6)7)47-39(50)25-21-19-17-15-13-11-9-10-12-14-16-18-20-22-26-41(52)57-43(2,3)4/h37H,8-35H2,1-7H3,(H,45,51)(H,46,49)(H,47,50)/t37-/m0/s1. The molecule has 3 N–H and O–H groups in total. The van der Waals surface area contributed by atoms with Gasteiger partial charge in [0.1, 0.15) is 30.5 Å². The van der Waals surface area contributed by atoms with Gasteiger partial charge in [-0.3, -0.25) is 24.0 Å². The molecule has 14 nitrogen and oxygen atoms in total. The second-order valence-electron chi connectivity index (χ2n) is 16.9. The third-order valence-corrected chi connectivity index (χ3v) is 8.74. The lowest BCUT2D eigenvalue weighted by molar-refractivity contribution is -0.159. The quantitative estimate of drug-likeness (QED) is 0.0441. The first-order valence-electron chi connectivity index (χ1n) is 22.0. The highest BCUT2D eigenvalue weighted by molar-refractivity contribution is 5.85. The zero-order chi connectivity index (χ0) is 43.5. The largest absolute Gasteiger partial charge is 0.460 e. The number of esters is 2. The summed E-state index contributed by atoms with van der Waals surface area (Å²) in [4.78, 5) is 73.2. The van der Waals surface area contributed by atoms with E-state index in [1.165, 1.54) is 51.4 Å². The first-order valence-corrected chi connectivity index (χ1v) is 22.0. The predicted octanol–water partition coefficient (Wildman–Crippen LogP) is 6.83. The molecule has 0 aliphatic carbocycles. The molecule has 0 aromatic rings. The second kappa shape index (κ2) is 34.7. The van der Waals surface area contributed by atoms with Crippen LogP contribution in [0, 0.1) is 0 Å². The van der Waals surface area contributed by atoms with Crippen LogP contribution in [0.5, 0.6) is 0 Å². The van der Waals surface area contributed by atoms with E-state index in [4.69, 9.17) is 23.7 Å². The van der Waals surface area contributed by atoms with E-state index in [0.29, 0.717) is 38.8 Å². The first kappa shape index (κ1) is 54.9. The number of ether oxygens (including phenoxy) is 5. The van der Waals surface area contributed by atoms with Gasteiger partial charge in [-0.05, 0) is 74.1 Å². The van der Waals surface area contributed by atoms with Crippen LogP contribution in [0.25, 0.3) is 0 Å². The molecule has 0 unspecified atom stereocenters. The van der Waals surface area contributed by atoms with Crippen LogP contribution >= 0.6 is 0 Å². The van der Waals surface area contributed by atoms with Crippen molar-refractivity contribution in [1.29, 1.82) is 0 Å². The molecule has 0 aliphatic rings. The Kier molecular flexibility index (Phi) is 32.9. The Hall–Kier alpha value is -3.10. The smallest absolute Gasteiger partial charge is 0.329 e. The Bertz CT molecular complexity index is 1130. The Morgan fingerprint density at radius 1 is 0.483 bits per heavy atom. The van der Waals surface area contributed by atoms with E-state index in [-0.39, 0.29) is 81.9 Å². The van der Waals surface area contributed by atoms with Crippen molar-refractivity contribution in [2.75, 3.05) is 52.7 Å². The van der Waals surface area contributed by atoms with Crippen molar-refractivity contribution in [3.63, 3.8) is 0 Å². The fraction of sp³-hybridized carbons (Fsp3) is 0.864. The average molecular weight is 828 g/mol. The van der Waals surface area contributed by atoms with Gasteiger partial charge in [-0.15, -0.1) is 0 Å². The van der Waals surface area contributed by atoms with Gasteiger partial charge in [-0.1, -0.05) is 77.0 Å². The number of hydrogen-bond acceptors (Lipinski definition) is 11. The van der Waals surface area contributed by atoms with Gasteiger partial charge in [0.2, 0.25) is 17.7 Å². The summed E-state index contributed by atoms with van der Waals surface area (Å²) in [5.74, 6) is -1.43. The monoisotopic (exact) mass is 828 g/mol. The number of hydrogen-bond donors (Lipinski definition) is 3. The maximum absolute atomic E-state index is 12.9. The van der Waals surface area contributed by atoms with Gasteiger partial charge in [-0.2, -0.15) is 0 Å². The Labute approximate surface area is 350 Å². The zero-order valence-electron chi connectivity index (χ0n) is 37.4. The molecule has 0 bridgehead atoms. The van der Waals surface area contributed by atoms with E-state index in [1.54, 1.807) is 20.8 Å². The maximum atomic E-state index is 12.9. The fourth-order valence-electron chi connectivity index (χ4n) is 5.82. The van der Waals surface area contributed by atoms with E-state index in [2.05, 4.69) is 16.0 Å². The molecule has 0 aliphatic heterocycles. The second-order valence-corrected chi connectivity index (χ2v) is 16.9. The highest BCUT2D eigenvalue weighted by Crippen LogP contribution is 2.16. The number of unbranched alkanes of at least 4 members (excludes halogenated alkanes) is 13. The SMILES string of the molecule is CCOCC(=O)CCCNC(=O)COCCOCCNC(=O)CC[C@H](NC(=O)CCCCCCCCCCCCCCCCC(=O)OC(C)(C)C)C(=O)OC(C)(C)C. The number of ketones is 1. The number of nitrogens with one attached hydrogen (secondary N) is 3. The maximum Gasteiger partial charge on any atom is 0.329 e. The highest BCUT2D eigenvalue weighted by atomic mass is 16.6. The van der Waals surface area contributed by atoms with Crippen molar-refractivity contribution in [2.45, 2.75) is 194 Å². The molecule has 338 valence electrons. The lowest BCUT2D eigenvalue weighted by Gasteiger charge is -2.24. The van der Waals surface area contributed by atoms with Crippen molar-refractivity contribution in [3.8, 4) is 0 Å². The van der Waals surface area contributed by atoms with Gasteiger partial charge in [0.25, 0.3) is 0 Å². The third kappa shape index (κ3) is 38.4. The van der Waals surface area contributed by atoms with Crippen LogP contribution < -0.4 is 16.0 Å². The summed E-state index contributed by atoms with van der Waals surface area (Å²) in [6.45, 7) is 14.6. The molecule has 14 heteroatoms.